The smallest absolute Gasteiger partial charge is 0.291 e. The first-order valence-corrected chi connectivity index (χ1v) is 9.42. The molecule has 0 atom stereocenters. The molecule has 2 aliphatic rings. The molecule has 1 aliphatic heterocycles. The van der Waals surface area contributed by atoms with Crippen molar-refractivity contribution in [2.24, 2.45) is 5.92 Å². The van der Waals surface area contributed by atoms with Gasteiger partial charge < -0.3 is 14.6 Å². The Kier molecular flexibility index (Phi) is 4.37. The molecule has 1 N–H and O–H groups in total. The molecule has 4 rings (SSSR count). The maximum absolute atomic E-state index is 12.8. The third kappa shape index (κ3) is 3.23. The number of amides is 2. The molecule has 0 bridgehead atoms. The molecule has 1 fully saturated rings. The molecule has 2 aromatic rings. The van der Waals surface area contributed by atoms with Crippen LogP contribution in [0.3, 0.4) is 0 Å². The molecule has 6 heteroatoms. The lowest BCUT2D eigenvalue weighted by Crippen LogP contribution is -2.33. The normalized spacial score (nSPS) is 16.9. The molecule has 0 radical (unpaired) electrons. The molecular formula is C19H19BrN2O3. The summed E-state index contributed by atoms with van der Waals surface area (Å²) in [5.74, 6) is 0.322. The Balaban J connectivity index is 1.53. The molecule has 1 saturated carbocycles. The molecule has 0 saturated heterocycles. The number of hydrogen-bond acceptors (Lipinski definition) is 3. The van der Waals surface area contributed by atoms with Crippen LogP contribution in [-0.2, 0) is 11.2 Å². The van der Waals surface area contributed by atoms with Crippen molar-refractivity contribution >= 4 is 39.1 Å². The molecule has 5 nitrogen and oxygen atoms in total. The maximum atomic E-state index is 12.8. The number of benzene rings is 1. The van der Waals surface area contributed by atoms with Gasteiger partial charge in [-0.2, -0.15) is 0 Å². The van der Waals surface area contributed by atoms with Crippen molar-refractivity contribution in [3.63, 3.8) is 0 Å². The van der Waals surface area contributed by atoms with Gasteiger partial charge in [-0.05, 0) is 65.0 Å². The van der Waals surface area contributed by atoms with Gasteiger partial charge in [-0.1, -0.05) is 18.9 Å². The van der Waals surface area contributed by atoms with Crippen LogP contribution >= 0.6 is 15.9 Å². The minimum atomic E-state index is -0.308. The highest BCUT2D eigenvalue weighted by Crippen LogP contribution is 2.35. The van der Waals surface area contributed by atoms with Gasteiger partial charge in [-0.3, -0.25) is 9.59 Å². The predicted octanol–water partition coefficient (Wildman–Crippen LogP) is 4.37. The van der Waals surface area contributed by atoms with Crippen LogP contribution in [0, 0.1) is 5.92 Å². The Morgan fingerprint density at radius 3 is 2.68 bits per heavy atom. The molecule has 25 heavy (non-hydrogen) atoms. The number of anilines is 2. The summed E-state index contributed by atoms with van der Waals surface area (Å²) >= 11 is 3.19. The van der Waals surface area contributed by atoms with Crippen LogP contribution in [0.1, 0.15) is 41.8 Å². The number of rotatable bonds is 3. The molecule has 2 heterocycles. The van der Waals surface area contributed by atoms with Crippen molar-refractivity contribution < 1.29 is 14.0 Å². The van der Waals surface area contributed by atoms with E-state index in [0.29, 0.717) is 10.4 Å². The van der Waals surface area contributed by atoms with Crippen LogP contribution in [-0.4, -0.2) is 18.4 Å². The van der Waals surface area contributed by atoms with Crippen molar-refractivity contribution in [1.29, 1.82) is 0 Å². The van der Waals surface area contributed by atoms with Crippen molar-refractivity contribution in [1.82, 2.24) is 0 Å². The summed E-state index contributed by atoms with van der Waals surface area (Å²) in [6.07, 6.45) is 5.15. The first-order chi connectivity index (χ1) is 12.1. The molecule has 0 unspecified atom stereocenters. The first-order valence-electron chi connectivity index (χ1n) is 8.63. The zero-order valence-electron chi connectivity index (χ0n) is 13.8. The van der Waals surface area contributed by atoms with Gasteiger partial charge in [0, 0.05) is 23.8 Å². The zero-order valence-corrected chi connectivity index (χ0v) is 15.3. The summed E-state index contributed by atoms with van der Waals surface area (Å²) in [7, 11) is 0. The highest BCUT2D eigenvalue weighted by atomic mass is 79.9. The van der Waals surface area contributed by atoms with Crippen LogP contribution in [0.5, 0.6) is 0 Å². The topological polar surface area (TPSA) is 62.6 Å². The van der Waals surface area contributed by atoms with Gasteiger partial charge >= 0.3 is 0 Å². The van der Waals surface area contributed by atoms with Gasteiger partial charge in [0.05, 0.1) is 0 Å². The maximum Gasteiger partial charge on any atom is 0.291 e. The average Bonchev–Trinajstić information content (AvgIpc) is 3.34. The van der Waals surface area contributed by atoms with Gasteiger partial charge in [-0.25, -0.2) is 0 Å². The molecule has 130 valence electrons. The summed E-state index contributed by atoms with van der Waals surface area (Å²) in [5.41, 5.74) is 2.75. The van der Waals surface area contributed by atoms with Crippen LogP contribution in [0.15, 0.2) is 39.4 Å². The molecule has 1 aromatic carbocycles. The predicted molar refractivity (Wildman–Crippen MR) is 98.8 cm³/mol. The SMILES string of the molecule is O=C(Nc1ccc2c(c1)N(C(=O)C1CCCC1)CC2)c1ccc(Br)o1. The number of nitrogens with zero attached hydrogens (tertiary/aromatic N) is 1. The zero-order chi connectivity index (χ0) is 17.4. The number of hydrogen-bond donors (Lipinski definition) is 1. The van der Waals surface area contributed by atoms with E-state index in [2.05, 4.69) is 21.2 Å². The number of carbonyl (C=O) groups is 2. The lowest BCUT2D eigenvalue weighted by Gasteiger charge is -2.21. The average molecular weight is 403 g/mol. The molecular weight excluding hydrogens is 384 g/mol. The summed E-state index contributed by atoms with van der Waals surface area (Å²) in [6.45, 7) is 0.729. The highest BCUT2D eigenvalue weighted by molar-refractivity contribution is 9.10. The monoisotopic (exact) mass is 402 g/mol. The fraction of sp³-hybridized carbons (Fsp3) is 0.368. The van der Waals surface area contributed by atoms with E-state index in [1.54, 1.807) is 12.1 Å². The van der Waals surface area contributed by atoms with Gasteiger partial charge in [0.1, 0.15) is 0 Å². The Labute approximate surface area is 154 Å². The number of furan rings is 1. The number of fused-ring (bicyclic) bond motifs is 1. The van der Waals surface area contributed by atoms with Crippen molar-refractivity contribution in [3.05, 3.63) is 46.3 Å². The summed E-state index contributed by atoms with van der Waals surface area (Å²) in [4.78, 5) is 26.9. The van der Waals surface area contributed by atoms with E-state index in [0.717, 1.165) is 49.9 Å². The van der Waals surface area contributed by atoms with Gasteiger partial charge in [0.2, 0.25) is 5.91 Å². The molecule has 2 amide bonds. The van der Waals surface area contributed by atoms with E-state index >= 15 is 0 Å². The van der Waals surface area contributed by atoms with Gasteiger partial charge in [0.15, 0.2) is 10.4 Å². The lowest BCUT2D eigenvalue weighted by molar-refractivity contribution is -0.122. The van der Waals surface area contributed by atoms with Crippen molar-refractivity contribution in [3.8, 4) is 0 Å². The van der Waals surface area contributed by atoms with Crippen molar-refractivity contribution in [2.45, 2.75) is 32.1 Å². The van der Waals surface area contributed by atoms with Gasteiger partial charge in [0.25, 0.3) is 5.91 Å². The summed E-state index contributed by atoms with van der Waals surface area (Å²) < 4.78 is 5.79. The van der Waals surface area contributed by atoms with E-state index < -0.39 is 0 Å². The van der Waals surface area contributed by atoms with Crippen LogP contribution in [0.25, 0.3) is 0 Å². The number of carbonyl (C=O) groups excluding carboxylic acids is 2. The molecule has 0 spiro atoms. The van der Waals surface area contributed by atoms with E-state index in [4.69, 9.17) is 4.42 Å². The second-order valence-corrected chi connectivity index (χ2v) is 7.40. The largest absolute Gasteiger partial charge is 0.444 e. The Morgan fingerprint density at radius 1 is 1.16 bits per heavy atom. The fourth-order valence-corrected chi connectivity index (χ4v) is 4.01. The molecule has 1 aromatic heterocycles. The van der Waals surface area contributed by atoms with Crippen LogP contribution in [0.2, 0.25) is 0 Å². The van der Waals surface area contributed by atoms with E-state index in [1.165, 1.54) is 0 Å². The Bertz CT molecular complexity index is 824. The third-order valence-electron chi connectivity index (χ3n) is 5.01. The Hall–Kier alpha value is -2.08. The van der Waals surface area contributed by atoms with E-state index in [9.17, 15) is 9.59 Å². The quantitative estimate of drug-likeness (QED) is 0.828. The summed E-state index contributed by atoms with van der Waals surface area (Å²) in [6, 6.07) is 9.05. The van der Waals surface area contributed by atoms with E-state index in [1.807, 2.05) is 23.1 Å². The first kappa shape index (κ1) is 16.4. The fourth-order valence-electron chi connectivity index (χ4n) is 3.71. The van der Waals surface area contributed by atoms with E-state index in [-0.39, 0.29) is 23.5 Å². The minimum absolute atomic E-state index is 0.157. The van der Waals surface area contributed by atoms with Gasteiger partial charge in [-0.15, -0.1) is 0 Å². The second kappa shape index (κ2) is 6.67. The second-order valence-electron chi connectivity index (χ2n) is 6.62. The lowest BCUT2D eigenvalue weighted by atomic mass is 10.1. The van der Waals surface area contributed by atoms with Crippen molar-refractivity contribution in [2.75, 3.05) is 16.8 Å². The Morgan fingerprint density at radius 2 is 1.96 bits per heavy atom. The number of halogens is 1. The highest BCUT2D eigenvalue weighted by Gasteiger charge is 2.32. The summed E-state index contributed by atoms with van der Waals surface area (Å²) in [5, 5.41) is 2.84. The minimum Gasteiger partial charge on any atom is -0.444 e. The standard InChI is InChI=1S/C19H19BrN2O3/c20-17-8-7-16(25-17)18(23)21-14-6-5-12-9-10-22(15(12)11-14)19(24)13-3-1-2-4-13/h5-8,11,13H,1-4,9-10H2,(H,21,23). The molecule has 1 aliphatic carbocycles. The van der Waals surface area contributed by atoms with Crippen LogP contribution in [0.4, 0.5) is 11.4 Å². The van der Waals surface area contributed by atoms with Crippen LogP contribution < -0.4 is 10.2 Å². The third-order valence-corrected chi connectivity index (χ3v) is 5.43. The number of nitrogens with one attached hydrogen (secondary N) is 1.